The van der Waals surface area contributed by atoms with E-state index in [-0.39, 0.29) is 29.2 Å². The third-order valence-corrected chi connectivity index (χ3v) is 5.83. The van der Waals surface area contributed by atoms with Crippen LogP contribution in [0.1, 0.15) is 65.0 Å². The summed E-state index contributed by atoms with van der Waals surface area (Å²) in [5, 5.41) is 6.99. The SMILES string of the molecule is COc1ccc(C2CCCN2C(=O)NC2CC(C)(C)NC(C)(C)C2)c(OC)c1. The molecule has 2 saturated heterocycles. The highest BCUT2D eigenvalue weighted by atomic mass is 16.5. The van der Waals surface area contributed by atoms with Crippen LogP contribution in [0.3, 0.4) is 0 Å². The second-order valence-corrected chi connectivity index (χ2v) is 9.41. The van der Waals surface area contributed by atoms with Crippen molar-refractivity contribution in [1.82, 2.24) is 15.5 Å². The van der Waals surface area contributed by atoms with Crippen molar-refractivity contribution in [3.63, 3.8) is 0 Å². The third kappa shape index (κ3) is 4.54. The van der Waals surface area contributed by atoms with Crippen LogP contribution in [0, 0.1) is 0 Å². The molecule has 0 spiro atoms. The van der Waals surface area contributed by atoms with Gasteiger partial charge in [0.15, 0.2) is 0 Å². The van der Waals surface area contributed by atoms with Gasteiger partial charge in [0.05, 0.1) is 20.3 Å². The predicted molar refractivity (Wildman–Crippen MR) is 111 cm³/mol. The van der Waals surface area contributed by atoms with Crippen molar-refractivity contribution in [1.29, 1.82) is 0 Å². The molecule has 1 atom stereocenters. The smallest absolute Gasteiger partial charge is 0.318 e. The Bertz CT molecular complexity index is 701. The molecule has 0 saturated carbocycles. The number of amides is 2. The maximum absolute atomic E-state index is 13.2. The lowest BCUT2D eigenvalue weighted by Gasteiger charge is -2.47. The van der Waals surface area contributed by atoms with E-state index in [4.69, 9.17) is 9.47 Å². The quantitative estimate of drug-likeness (QED) is 0.821. The van der Waals surface area contributed by atoms with Gasteiger partial charge in [-0.1, -0.05) is 0 Å². The van der Waals surface area contributed by atoms with E-state index in [1.165, 1.54) is 0 Å². The van der Waals surface area contributed by atoms with Crippen molar-refractivity contribution >= 4 is 6.03 Å². The number of hydrogen-bond acceptors (Lipinski definition) is 4. The van der Waals surface area contributed by atoms with Gasteiger partial charge in [-0.05, 0) is 65.5 Å². The summed E-state index contributed by atoms with van der Waals surface area (Å²) in [5.41, 5.74) is 1.05. The molecular weight excluding hydrogens is 354 g/mol. The van der Waals surface area contributed by atoms with Crippen LogP contribution in [0.2, 0.25) is 0 Å². The number of benzene rings is 1. The first-order chi connectivity index (χ1) is 13.1. The Labute approximate surface area is 169 Å². The number of nitrogens with zero attached hydrogens (tertiary/aromatic N) is 1. The largest absolute Gasteiger partial charge is 0.497 e. The Morgan fingerprint density at radius 1 is 1.14 bits per heavy atom. The number of carbonyl (C=O) groups is 1. The van der Waals surface area contributed by atoms with Gasteiger partial charge in [0.25, 0.3) is 0 Å². The Balaban J connectivity index is 1.75. The van der Waals surface area contributed by atoms with Crippen molar-refractivity contribution in [2.45, 2.75) is 76.5 Å². The minimum Gasteiger partial charge on any atom is -0.497 e. The van der Waals surface area contributed by atoms with Gasteiger partial charge in [-0.2, -0.15) is 0 Å². The average Bonchev–Trinajstić information content (AvgIpc) is 3.07. The first-order valence-electron chi connectivity index (χ1n) is 10.2. The maximum atomic E-state index is 13.2. The third-order valence-electron chi connectivity index (χ3n) is 5.83. The van der Waals surface area contributed by atoms with E-state index in [1.807, 2.05) is 23.1 Å². The number of rotatable bonds is 4. The molecule has 1 unspecified atom stereocenters. The Kier molecular flexibility index (Phi) is 5.80. The maximum Gasteiger partial charge on any atom is 0.318 e. The Morgan fingerprint density at radius 2 is 1.82 bits per heavy atom. The van der Waals surface area contributed by atoms with Crippen LogP contribution >= 0.6 is 0 Å². The minimum atomic E-state index is 0.00328. The zero-order valence-electron chi connectivity index (χ0n) is 18.1. The summed E-state index contributed by atoms with van der Waals surface area (Å²) in [6, 6.07) is 6.07. The molecule has 0 aromatic heterocycles. The van der Waals surface area contributed by atoms with E-state index in [9.17, 15) is 4.79 Å². The van der Waals surface area contributed by atoms with E-state index in [0.717, 1.165) is 49.3 Å². The molecule has 2 N–H and O–H groups in total. The number of urea groups is 1. The van der Waals surface area contributed by atoms with Crippen molar-refractivity contribution in [2.75, 3.05) is 20.8 Å². The van der Waals surface area contributed by atoms with Crippen LogP contribution < -0.4 is 20.1 Å². The molecule has 156 valence electrons. The molecule has 6 heteroatoms. The number of carbonyl (C=O) groups excluding carboxylic acids is 1. The van der Waals surface area contributed by atoms with Gasteiger partial charge in [0.2, 0.25) is 0 Å². The highest BCUT2D eigenvalue weighted by Crippen LogP contribution is 2.39. The highest BCUT2D eigenvalue weighted by molar-refractivity contribution is 5.75. The summed E-state index contributed by atoms with van der Waals surface area (Å²) in [6.07, 6.45) is 3.79. The Hall–Kier alpha value is -1.95. The molecular formula is C22H35N3O3. The molecule has 1 aromatic rings. The lowest BCUT2D eigenvalue weighted by molar-refractivity contribution is 0.137. The van der Waals surface area contributed by atoms with Crippen LogP contribution in [0.15, 0.2) is 18.2 Å². The second-order valence-electron chi connectivity index (χ2n) is 9.41. The second kappa shape index (κ2) is 7.82. The van der Waals surface area contributed by atoms with E-state index in [0.29, 0.717) is 0 Å². The van der Waals surface area contributed by atoms with Crippen LogP contribution in [-0.2, 0) is 0 Å². The zero-order valence-corrected chi connectivity index (χ0v) is 18.1. The van der Waals surface area contributed by atoms with Crippen LogP contribution in [0.25, 0.3) is 0 Å². The van der Waals surface area contributed by atoms with E-state index >= 15 is 0 Å². The fourth-order valence-corrected chi connectivity index (χ4v) is 5.11. The first kappa shape index (κ1) is 20.8. The lowest BCUT2D eigenvalue weighted by atomic mass is 9.79. The fraction of sp³-hybridized carbons (Fsp3) is 0.682. The van der Waals surface area contributed by atoms with Crippen molar-refractivity contribution in [2.24, 2.45) is 0 Å². The monoisotopic (exact) mass is 389 g/mol. The molecule has 3 rings (SSSR count). The standard InChI is InChI=1S/C22H35N3O3/c1-21(2)13-15(14-22(3,4)24-21)23-20(26)25-11-7-8-18(25)17-10-9-16(27-5)12-19(17)28-6/h9-10,12,15,18,24H,7-8,11,13-14H2,1-6H3,(H,23,26). The summed E-state index contributed by atoms with van der Waals surface area (Å²) in [6.45, 7) is 9.58. The van der Waals surface area contributed by atoms with Gasteiger partial charge in [-0.3, -0.25) is 0 Å². The number of likely N-dealkylation sites (tertiary alicyclic amines) is 1. The molecule has 2 aliphatic rings. The van der Waals surface area contributed by atoms with Crippen LogP contribution in [0.5, 0.6) is 11.5 Å². The van der Waals surface area contributed by atoms with Gasteiger partial charge in [-0.25, -0.2) is 4.79 Å². The molecule has 0 bridgehead atoms. The summed E-state index contributed by atoms with van der Waals surface area (Å²) in [5.74, 6) is 1.53. The molecule has 28 heavy (non-hydrogen) atoms. The number of ether oxygens (including phenoxy) is 2. The number of hydrogen-bond donors (Lipinski definition) is 2. The number of methoxy groups -OCH3 is 2. The van der Waals surface area contributed by atoms with Crippen LogP contribution in [0.4, 0.5) is 4.79 Å². The number of nitrogens with one attached hydrogen (secondary N) is 2. The van der Waals surface area contributed by atoms with Gasteiger partial charge < -0.3 is 25.0 Å². The predicted octanol–water partition coefficient (Wildman–Crippen LogP) is 3.86. The van der Waals surface area contributed by atoms with Crippen molar-refractivity contribution in [3.8, 4) is 11.5 Å². The topological polar surface area (TPSA) is 62.8 Å². The van der Waals surface area contributed by atoms with E-state index < -0.39 is 0 Å². The highest BCUT2D eigenvalue weighted by Gasteiger charge is 2.40. The summed E-state index contributed by atoms with van der Waals surface area (Å²) < 4.78 is 10.9. The minimum absolute atomic E-state index is 0.00328. The van der Waals surface area contributed by atoms with Crippen molar-refractivity contribution in [3.05, 3.63) is 23.8 Å². The molecule has 0 radical (unpaired) electrons. The molecule has 6 nitrogen and oxygen atoms in total. The average molecular weight is 390 g/mol. The molecule has 2 aliphatic heterocycles. The molecule has 1 aromatic carbocycles. The van der Waals surface area contributed by atoms with Gasteiger partial charge in [0.1, 0.15) is 11.5 Å². The summed E-state index contributed by atoms with van der Waals surface area (Å²) in [7, 11) is 3.31. The van der Waals surface area contributed by atoms with Gasteiger partial charge >= 0.3 is 6.03 Å². The Morgan fingerprint density at radius 3 is 2.43 bits per heavy atom. The van der Waals surface area contributed by atoms with E-state index in [2.05, 4.69) is 38.3 Å². The molecule has 2 heterocycles. The fourth-order valence-electron chi connectivity index (χ4n) is 5.11. The van der Waals surface area contributed by atoms with Crippen LogP contribution in [-0.4, -0.2) is 48.8 Å². The lowest BCUT2D eigenvalue weighted by Crippen LogP contribution is -2.62. The van der Waals surface area contributed by atoms with E-state index in [1.54, 1.807) is 14.2 Å². The van der Waals surface area contributed by atoms with Gasteiger partial charge in [-0.15, -0.1) is 0 Å². The normalized spacial score (nSPS) is 24.1. The zero-order chi connectivity index (χ0) is 20.5. The summed E-state index contributed by atoms with van der Waals surface area (Å²) in [4.78, 5) is 15.1. The molecule has 2 amide bonds. The molecule has 2 fully saturated rings. The molecule has 0 aliphatic carbocycles. The first-order valence-corrected chi connectivity index (χ1v) is 10.2. The summed E-state index contributed by atoms with van der Waals surface area (Å²) >= 11 is 0. The van der Waals surface area contributed by atoms with Crippen molar-refractivity contribution < 1.29 is 14.3 Å². The number of piperidine rings is 1. The van der Waals surface area contributed by atoms with Gasteiger partial charge in [0, 0.05) is 35.3 Å².